The minimum Gasteiger partial charge on any atom is -0.366 e. The SMILES string of the molecule is CC(OCc1cccs1)c1nc(CCl)cs1. The summed E-state index contributed by atoms with van der Waals surface area (Å²) in [6, 6.07) is 4.10. The second-order valence-corrected chi connectivity index (χ2v) is 5.53. The van der Waals surface area contributed by atoms with E-state index < -0.39 is 0 Å². The molecule has 0 saturated heterocycles. The molecule has 0 fully saturated rings. The number of hydrogen-bond donors (Lipinski definition) is 0. The maximum atomic E-state index is 5.75. The van der Waals surface area contributed by atoms with Crippen molar-refractivity contribution in [3.05, 3.63) is 38.5 Å². The molecule has 16 heavy (non-hydrogen) atoms. The van der Waals surface area contributed by atoms with E-state index in [4.69, 9.17) is 16.3 Å². The van der Waals surface area contributed by atoms with Gasteiger partial charge in [-0.25, -0.2) is 4.98 Å². The van der Waals surface area contributed by atoms with Crippen LogP contribution >= 0.6 is 34.3 Å². The Bertz CT molecular complexity index is 427. The van der Waals surface area contributed by atoms with Crippen molar-refractivity contribution in [3.8, 4) is 0 Å². The van der Waals surface area contributed by atoms with Crippen LogP contribution in [0.2, 0.25) is 0 Å². The van der Waals surface area contributed by atoms with Gasteiger partial charge in [-0.2, -0.15) is 0 Å². The average Bonchev–Trinajstić information content (AvgIpc) is 2.96. The molecule has 1 unspecified atom stereocenters. The van der Waals surface area contributed by atoms with Crippen LogP contribution in [0.25, 0.3) is 0 Å². The van der Waals surface area contributed by atoms with Crippen LogP contribution < -0.4 is 0 Å². The first-order valence-corrected chi connectivity index (χ1v) is 7.23. The van der Waals surface area contributed by atoms with Crippen LogP contribution in [0.1, 0.15) is 28.6 Å². The summed E-state index contributed by atoms with van der Waals surface area (Å²) in [7, 11) is 0. The molecule has 0 aromatic carbocycles. The van der Waals surface area contributed by atoms with Crippen LogP contribution in [0.3, 0.4) is 0 Å². The Morgan fingerprint density at radius 1 is 1.50 bits per heavy atom. The first kappa shape index (κ1) is 12.0. The number of halogens is 1. The summed E-state index contributed by atoms with van der Waals surface area (Å²) in [5.74, 6) is 0.466. The van der Waals surface area contributed by atoms with Gasteiger partial charge < -0.3 is 4.74 Å². The van der Waals surface area contributed by atoms with Crippen molar-refractivity contribution < 1.29 is 4.74 Å². The molecule has 1 atom stereocenters. The molecule has 86 valence electrons. The molecule has 0 amide bonds. The van der Waals surface area contributed by atoms with Gasteiger partial charge in [0.2, 0.25) is 0 Å². The van der Waals surface area contributed by atoms with E-state index in [0.717, 1.165) is 10.7 Å². The molecule has 2 aromatic heterocycles. The van der Waals surface area contributed by atoms with Crippen LogP contribution in [0.5, 0.6) is 0 Å². The van der Waals surface area contributed by atoms with Crippen LogP contribution in [-0.2, 0) is 17.2 Å². The van der Waals surface area contributed by atoms with Gasteiger partial charge in [-0.1, -0.05) is 6.07 Å². The zero-order chi connectivity index (χ0) is 11.4. The molecule has 0 N–H and O–H groups in total. The van der Waals surface area contributed by atoms with E-state index in [-0.39, 0.29) is 6.10 Å². The molecule has 0 bridgehead atoms. The molecule has 0 saturated carbocycles. The molecule has 0 radical (unpaired) electrons. The molecule has 0 spiro atoms. The van der Waals surface area contributed by atoms with Crippen LogP contribution in [0.4, 0.5) is 0 Å². The smallest absolute Gasteiger partial charge is 0.122 e. The van der Waals surface area contributed by atoms with Gasteiger partial charge in [0.25, 0.3) is 0 Å². The van der Waals surface area contributed by atoms with E-state index in [1.165, 1.54) is 4.88 Å². The summed E-state index contributed by atoms with van der Waals surface area (Å²) in [6.45, 7) is 2.67. The van der Waals surface area contributed by atoms with E-state index in [9.17, 15) is 0 Å². The lowest BCUT2D eigenvalue weighted by Gasteiger charge is -2.08. The predicted molar refractivity (Wildman–Crippen MR) is 69.2 cm³/mol. The van der Waals surface area contributed by atoms with Gasteiger partial charge in [-0.05, 0) is 18.4 Å². The summed E-state index contributed by atoms with van der Waals surface area (Å²) >= 11 is 9.02. The highest BCUT2D eigenvalue weighted by molar-refractivity contribution is 7.10. The summed E-state index contributed by atoms with van der Waals surface area (Å²) in [5.41, 5.74) is 0.924. The number of alkyl halides is 1. The first-order valence-electron chi connectivity index (χ1n) is 4.94. The zero-order valence-electron chi connectivity index (χ0n) is 8.85. The van der Waals surface area contributed by atoms with Crippen molar-refractivity contribution in [2.24, 2.45) is 0 Å². The van der Waals surface area contributed by atoms with Gasteiger partial charge in [-0.3, -0.25) is 0 Å². The lowest BCUT2D eigenvalue weighted by Crippen LogP contribution is -1.99. The number of ether oxygens (including phenoxy) is 1. The molecule has 2 rings (SSSR count). The Balaban J connectivity index is 1.90. The van der Waals surface area contributed by atoms with Gasteiger partial charge in [-0.15, -0.1) is 34.3 Å². The minimum absolute atomic E-state index is 0.0315. The Morgan fingerprint density at radius 3 is 3.00 bits per heavy atom. The summed E-state index contributed by atoms with van der Waals surface area (Å²) in [4.78, 5) is 5.63. The van der Waals surface area contributed by atoms with Gasteiger partial charge in [0.15, 0.2) is 0 Å². The zero-order valence-corrected chi connectivity index (χ0v) is 11.2. The maximum Gasteiger partial charge on any atom is 0.122 e. The Morgan fingerprint density at radius 2 is 2.38 bits per heavy atom. The third-order valence-electron chi connectivity index (χ3n) is 2.11. The summed E-state index contributed by atoms with van der Waals surface area (Å²) < 4.78 is 5.75. The maximum absolute atomic E-state index is 5.75. The highest BCUT2D eigenvalue weighted by atomic mass is 35.5. The third kappa shape index (κ3) is 3.04. The van der Waals surface area contributed by atoms with Crippen molar-refractivity contribution in [2.45, 2.75) is 25.5 Å². The van der Waals surface area contributed by atoms with E-state index in [2.05, 4.69) is 16.4 Å². The van der Waals surface area contributed by atoms with Gasteiger partial charge >= 0.3 is 0 Å². The Kier molecular flexibility index (Phi) is 4.35. The summed E-state index contributed by atoms with van der Waals surface area (Å²) in [5, 5.41) is 5.03. The van der Waals surface area contributed by atoms with Crippen molar-refractivity contribution in [2.75, 3.05) is 0 Å². The fourth-order valence-electron chi connectivity index (χ4n) is 1.24. The van der Waals surface area contributed by atoms with Crippen LogP contribution in [0.15, 0.2) is 22.9 Å². The standard InChI is InChI=1S/C11H12ClNOS2/c1-8(11-13-9(5-12)7-16-11)14-6-10-3-2-4-15-10/h2-4,7-8H,5-6H2,1H3. The number of thiophene rings is 1. The number of thiazole rings is 1. The second-order valence-electron chi connectivity index (χ2n) is 3.34. The fraction of sp³-hybridized carbons (Fsp3) is 0.364. The average molecular weight is 274 g/mol. The molecule has 0 aliphatic carbocycles. The molecule has 2 aromatic rings. The number of aromatic nitrogens is 1. The highest BCUT2D eigenvalue weighted by Gasteiger charge is 2.10. The van der Waals surface area contributed by atoms with Gasteiger partial charge in [0, 0.05) is 10.3 Å². The molecular formula is C11H12ClNOS2. The lowest BCUT2D eigenvalue weighted by atomic mass is 10.4. The molecule has 2 nitrogen and oxygen atoms in total. The van der Waals surface area contributed by atoms with E-state index in [1.807, 2.05) is 18.4 Å². The number of nitrogens with zero attached hydrogens (tertiary/aromatic N) is 1. The molecule has 5 heteroatoms. The molecule has 0 aliphatic heterocycles. The van der Waals surface area contributed by atoms with E-state index >= 15 is 0 Å². The Hall–Kier alpha value is -0.420. The van der Waals surface area contributed by atoms with Crippen molar-refractivity contribution in [1.29, 1.82) is 0 Å². The summed E-state index contributed by atoms with van der Waals surface area (Å²) in [6.07, 6.45) is 0.0315. The topological polar surface area (TPSA) is 22.1 Å². The fourth-order valence-corrected chi connectivity index (χ4v) is 2.92. The van der Waals surface area contributed by atoms with Gasteiger partial charge in [0.1, 0.15) is 11.1 Å². The first-order chi connectivity index (χ1) is 7.79. The normalized spacial score (nSPS) is 12.9. The van der Waals surface area contributed by atoms with Crippen LogP contribution in [0, 0.1) is 0 Å². The van der Waals surface area contributed by atoms with E-state index in [0.29, 0.717) is 12.5 Å². The second kappa shape index (κ2) is 5.77. The van der Waals surface area contributed by atoms with Crippen molar-refractivity contribution in [3.63, 3.8) is 0 Å². The van der Waals surface area contributed by atoms with E-state index in [1.54, 1.807) is 22.7 Å². The van der Waals surface area contributed by atoms with Crippen molar-refractivity contribution in [1.82, 2.24) is 4.98 Å². The monoisotopic (exact) mass is 273 g/mol. The van der Waals surface area contributed by atoms with Crippen molar-refractivity contribution >= 4 is 34.3 Å². The largest absolute Gasteiger partial charge is 0.366 e. The van der Waals surface area contributed by atoms with Gasteiger partial charge in [0.05, 0.1) is 18.2 Å². The number of rotatable bonds is 5. The lowest BCUT2D eigenvalue weighted by molar-refractivity contribution is 0.0540. The highest BCUT2D eigenvalue weighted by Crippen LogP contribution is 2.23. The Labute approximate surface area is 108 Å². The van der Waals surface area contributed by atoms with Crippen LogP contribution in [-0.4, -0.2) is 4.98 Å². The number of hydrogen-bond acceptors (Lipinski definition) is 4. The third-order valence-corrected chi connectivity index (χ3v) is 4.29. The minimum atomic E-state index is 0.0315. The predicted octanol–water partition coefficient (Wildman–Crippen LogP) is 4.22. The quantitative estimate of drug-likeness (QED) is 0.761. The molecule has 2 heterocycles. The molecular weight excluding hydrogens is 262 g/mol. The molecule has 0 aliphatic rings.